The van der Waals surface area contributed by atoms with Crippen LogP contribution in [0.2, 0.25) is 0 Å². The quantitative estimate of drug-likeness (QED) is 0.432. The first-order valence-corrected chi connectivity index (χ1v) is 11.1. The summed E-state index contributed by atoms with van der Waals surface area (Å²) in [4.78, 5) is 13.3. The topological polar surface area (TPSA) is 37.3 Å². The number of halogens is 1. The summed E-state index contributed by atoms with van der Waals surface area (Å²) in [7, 11) is 0. The van der Waals surface area contributed by atoms with Crippen molar-refractivity contribution in [3.63, 3.8) is 0 Å². The van der Waals surface area contributed by atoms with Crippen LogP contribution in [0.1, 0.15) is 53.2 Å². The van der Waals surface area contributed by atoms with E-state index in [1.165, 1.54) is 28.2 Å². The van der Waals surface area contributed by atoms with E-state index < -0.39 is 5.97 Å². The van der Waals surface area contributed by atoms with Crippen molar-refractivity contribution < 1.29 is 14.3 Å². The van der Waals surface area contributed by atoms with Crippen molar-refractivity contribution >= 4 is 17.3 Å². The molecule has 0 atom stereocenters. The van der Waals surface area contributed by atoms with E-state index in [1.807, 2.05) is 17.4 Å². The molecule has 0 aliphatic heterocycles. The van der Waals surface area contributed by atoms with Gasteiger partial charge in [-0.05, 0) is 91.0 Å². The van der Waals surface area contributed by atoms with Crippen LogP contribution in [0, 0.1) is 5.82 Å². The Morgan fingerprint density at radius 2 is 1.69 bits per heavy atom. The van der Waals surface area contributed by atoms with Crippen molar-refractivity contribution in [1.29, 1.82) is 0 Å². The second-order valence-electron chi connectivity index (χ2n) is 7.84. The lowest BCUT2D eigenvalue weighted by Crippen LogP contribution is -1.97. The molecule has 1 aromatic heterocycles. The monoisotopic (exact) mass is 408 g/mol. The number of aliphatic carboxylic acids is 1. The van der Waals surface area contributed by atoms with Crippen LogP contribution in [0.3, 0.4) is 0 Å². The van der Waals surface area contributed by atoms with Crippen LogP contribution in [0.5, 0.6) is 0 Å². The summed E-state index contributed by atoms with van der Waals surface area (Å²) in [6, 6.07) is 17.9. The average Bonchev–Trinajstić information content (AvgIpc) is 3.44. The van der Waals surface area contributed by atoms with E-state index in [0.717, 1.165) is 41.9 Å². The fraction of sp³-hybridized carbons (Fsp3) is 0.320. The Morgan fingerprint density at radius 1 is 0.966 bits per heavy atom. The maximum Gasteiger partial charge on any atom is 0.303 e. The zero-order valence-corrected chi connectivity index (χ0v) is 17.2. The second kappa shape index (κ2) is 8.91. The lowest BCUT2D eigenvalue weighted by Gasteiger charge is -2.09. The molecule has 0 spiro atoms. The number of aryl methyl sites for hydroxylation is 3. The molecule has 4 rings (SSSR count). The van der Waals surface area contributed by atoms with Gasteiger partial charge in [-0.15, -0.1) is 11.3 Å². The summed E-state index contributed by atoms with van der Waals surface area (Å²) >= 11 is 1.85. The molecule has 1 saturated carbocycles. The molecule has 0 bridgehead atoms. The second-order valence-corrected chi connectivity index (χ2v) is 8.96. The van der Waals surface area contributed by atoms with E-state index in [9.17, 15) is 9.18 Å². The predicted octanol–water partition coefficient (Wildman–Crippen LogP) is 6.62. The van der Waals surface area contributed by atoms with Gasteiger partial charge in [-0.2, -0.15) is 0 Å². The van der Waals surface area contributed by atoms with E-state index in [1.54, 1.807) is 12.1 Å². The van der Waals surface area contributed by atoms with Crippen molar-refractivity contribution in [3.05, 3.63) is 82.0 Å². The highest BCUT2D eigenvalue weighted by Crippen LogP contribution is 2.45. The van der Waals surface area contributed by atoms with Crippen molar-refractivity contribution in [1.82, 2.24) is 0 Å². The summed E-state index contributed by atoms with van der Waals surface area (Å²) in [5.74, 6) is -0.189. The van der Waals surface area contributed by atoms with E-state index >= 15 is 0 Å². The minimum atomic E-state index is -0.748. The van der Waals surface area contributed by atoms with Crippen molar-refractivity contribution in [2.45, 2.75) is 50.9 Å². The van der Waals surface area contributed by atoms with Crippen LogP contribution in [0.15, 0.2) is 54.6 Å². The first-order chi connectivity index (χ1) is 14.1. The van der Waals surface area contributed by atoms with Crippen LogP contribution < -0.4 is 0 Å². The van der Waals surface area contributed by atoms with Gasteiger partial charge < -0.3 is 5.11 Å². The summed E-state index contributed by atoms with van der Waals surface area (Å²) in [5, 5.41) is 8.74. The van der Waals surface area contributed by atoms with Gasteiger partial charge in [0.2, 0.25) is 0 Å². The number of thiophene rings is 1. The van der Waals surface area contributed by atoms with Gasteiger partial charge in [0.25, 0.3) is 0 Å². The highest BCUT2D eigenvalue weighted by molar-refractivity contribution is 7.15. The fourth-order valence-corrected chi connectivity index (χ4v) is 4.93. The van der Waals surface area contributed by atoms with E-state index in [-0.39, 0.29) is 12.2 Å². The van der Waals surface area contributed by atoms with Crippen LogP contribution in [-0.2, 0) is 24.1 Å². The minimum absolute atomic E-state index is 0.184. The lowest BCUT2D eigenvalue weighted by atomic mass is 9.97. The Labute approximate surface area is 175 Å². The molecule has 29 heavy (non-hydrogen) atoms. The summed E-state index contributed by atoms with van der Waals surface area (Å²) in [6.45, 7) is 0. The van der Waals surface area contributed by atoms with Crippen LogP contribution in [-0.4, -0.2) is 11.1 Å². The summed E-state index contributed by atoms with van der Waals surface area (Å²) in [6.07, 6.45) is 5.88. The zero-order valence-electron chi connectivity index (χ0n) is 16.4. The van der Waals surface area contributed by atoms with Crippen LogP contribution in [0.25, 0.3) is 10.4 Å². The third kappa shape index (κ3) is 5.33. The summed E-state index contributed by atoms with van der Waals surface area (Å²) < 4.78 is 13.9. The molecule has 4 heteroatoms. The molecule has 1 aliphatic carbocycles. The van der Waals surface area contributed by atoms with Gasteiger partial charge in [0.15, 0.2) is 0 Å². The highest BCUT2D eigenvalue weighted by Gasteiger charge is 2.25. The first-order valence-electron chi connectivity index (χ1n) is 10.3. The van der Waals surface area contributed by atoms with Gasteiger partial charge >= 0.3 is 5.97 Å². The van der Waals surface area contributed by atoms with Crippen molar-refractivity contribution in [2.75, 3.05) is 0 Å². The molecule has 1 aliphatic rings. The molecule has 0 radical (unpaired) electrons. The van der Waals surface area contributed by atoms with Crippen molar-refractivity contribution in [2.24, 2.45) is 0 Å². The van der Waals surface area contributed by atoms with Gasteiger partial charge in [0.1, 0.15) is 5.82 Å². The van der Waals surface area contributed by atoms with E-state index in [4.69, 9.17) is 5.11 Å². The number of hydrogen-bond acceptors (Lipinski definition) is 2. The molecule has 150 valence electrons. The highest BCUT2D eigenvalue weighted by atomic mass is 32.1. The average molecular weight is 409 g/mol. The molecule has 1 fully saturated rings. The third-order valence-corrected chi connectivity index (χ3v) is 6.78. The number of rotatable bonds is 9. The first kappa shape index (κ1) is 19.8. The molecule has 2 nitrogen and oxygen atoms in total. The Kier molecular flexibility index (Phi) is 6.10. The van der Waals surface area contributed by atoms with Gasteiger partial charge in [0.05, 0.1) is 0 Å². The molecular weight excluding hydrogens is 383 g/mol. The maximum atomic E-state index is 13.9. The molecule has 1 N–H and O–H groups in total. The lowest BCUT2D eigenvalue weighted by molar-refractivity contribution is -0.137. The minimum Gasteiger partial charge on any atom is -0.481 e. The molecule has 1 heterocycles. The van der Waals surface area contributed by atoms with Crippen molar-refractivity contribution in [3.8, 4) is 10.4 Å². The van der Waals surface area contributed by atoms with E-state index in [0.29, 0.717) is 6.42 Å². The normalized spacial score (nSPS) is 13.6. The maximum absolute atomic E-state index is 13.9. The van der Waals surface area contributed by atoms with Gasteiger partial charge in [0, 0.05) is 16.2 Å². The van der Waals surface area contributed by atoms with Crippen LogP contribution in [0.4, 0.5) is 4.39 Å². The smallest absolute Gasteiger partial charge is 0.303 e. The van der Waals surface area contributed by atoms with Gasteiger partial charge in [-0.25, -0.2) is 4.39 Å². The zero-order chi connectivity index (χ0) is 20.2. The molecule has 3 aromatic rings. The van der Waals surface area contributed by atoms with Crippen LogP contribution >= 0.6 is 11.3 Å². The number of benzene rings is 2. The number of carboxylic acids is 1. The van der Waals surface area contributed by atoms with Gasteiger partial charge in [-0.3, -0.25) is 4.79 Å². The summed E-state index contributed by atoms with van der Waals surface area (Å²) in [5.41, 5.74) is 4.58. The SMILES string of the molecule is O=C(O)CCCc1ccc(CCc2cc(F)ccc2-c2ccc(C3CC3)s2)cc1. The Morgan fingerprint density at radius 3 is 2.38 bits per heavy atom. The van der Waals surface area contributed by atoms with E-state index in [2.05, 4.69) is 36.4 Å². The molecular formula is C25H25FO2S. The molecule has 0 unspecified atom stereocenters. The molecule has 0 amide bonds. The largest absolute Gasteiger partial charge is 0.481 e. The standard InChI is InChI=1S/C25H25FO2S/c26-21-12-13-22(24-15-14-23(29-24)19-10-11-19)20(16-21)9-8-18-6-4-17(5-7-18)2-1-3-25(27)28/h4-7,12-16,19H,1-3,8-11H2,(H,27,28). The Bertz CT molecular complexity index is 986. The number of hydrogen-bond donors (Lipinski definition) is 1. The predicted molar refractivity (Wildman–Crippen MR) is 116 cm³/mol. The Hall–Kier alpha value is -2.46. The number of carboxylic acid groups (broad SMARTS) is 1. The molecule has 2 aromatic carbocycles. The number of carbonyl (C=O) groups is 1. The Balaban J connectivity index is 1.42. The fourth-order valence-electron chi connectivity index (χ4n) is 3.69. The molecule has 0 saturated heterocycles. The third-order valence-electron chi connectivity index (χ3n) is 5.50. The van der Waals surface area contributed by atoms with Gasteiger partial charge in [-0.1, -0.05) is 30.3 Å².